The van der Waals surface area contributed by atoms with Crippen molar-refractivity contribution < 1.29 is 0 Å². The number of hydrogen-bond donors (Lipinski definition) is 2. The van der Waals surface area contributed by atoms with E-state index in [4.69, 9.17) is 5.73 Å². The standard InChI is InChI=1S/C14H16N2S/c15-13-5-6-17-14(13)9-16-12-7-10-3-1-2-4-11(10)8-12/h1-6,12,16H,7-9,15H2. The molecule has 1 aromatic heterocycles. The summed E-state index contributed by atoms with van der Waals surface area (Å²) in [5.41, 5.74) is 9.77. The summed E-state index contributed by atoms with van der Waals surface area (Å²) in [5.74, 6) is 0. The lowest BCUT2D eigenvalue weighted by Gasteiger charge is -2.11. The van der Waals surface area contributed by atoms with Gasteiger partial charge in [-0.05, 0) is 35.4 Å². The van der Waals surface area contributed by atoms with Gasteiger partial charge in [-0.2, -0.15) is 0 Å². The van der Waals surface area contributed by atoms with Crippen molar-refractivity contribution in [3.63, 3.8) is 0 Å². The first-order valence-electron chi connectivity index (χ1n) is 5.95. The number of benzene rings is 1. The summed E-state index contributed by atoms with van der Waals surface area (Å²) in [6, 6.07) is 11.3. The van der Waals surface area contributed by atoms with Gasteiger partial charge < -0.3 is 11.1 Å². The third-order valence-electron chi connectivity index (χ3n) is 3.38. The second-order valence-corrected chi connectivity index (χ2v) is 5.55. The average molecular weight is 244 g/mol. The van der Waals surface area contributed by atoms with Gasteiger partial charge in [-0.3, -0.25) is 0 Å². The monoisotopic (exact) mass is 244 g/mol. The van der Waals surface area contributed by atoms with Gasteiger partial charge >= 0.3 is 0 Å². The van der Waals surface area contributed by atoms with Crippen molar-refractivity contribution in [3.05, 3.63) is 51.7 Å². The van der Waals surface area contributed by atoms with Gasteiger partial charge in [0.25, 0.3) is 0 Å². The van der Waals surface area contributed by atoms with E-state index >= 15 is 0 Å². The molecule has 0 aliphatic heterocycles. The Labute approximate surface area is 105 Å². The summed E-state index contributed by atoms with van der Waals surface area (Å²) in [5, 5.41) is 5.65. The van der Waals surface area contributed by atoms with E-state index in [0.717, 1.165) is 25.1 Å². The Balaban J connectivity index is 1.61. The number of anilines is 1. The zero-order valence-electron chi connectivity index (χ0n) is 9.65. The molecule has 1 aliphatic carbocycles. The molecule has 3 rings (SSSR count). The van der Waals surface area contributed by atoms with Crippen molar-refractivity contribution in [1.29, 1.82) is 0 Å². The first-order valence-corrected chi connectivity index (χ1v) is 6.83. The highest BCUT2D eigenvalue weighted by Gasteiger charge is 2.20. The largest absolute Gasteiger partial charge is 0.398 e. The molecule has 0 bridgehead atoms. The highest BCUT2D eigenvalue weighted by Crippen LogP contribution is 2.23. The predicted molar refractivity (Wildman–Crippen MR) is 73.2 cm³/mol. The highest BCUT2D eigenvalue weighted by molar-refractivity contribution is 7.10. The summed E-state index contributed by atoms with van der Waals surface area (Å²) in [4.78, 5) is 1.25. The van der Waals surface area contributed by atoms with Crippen LogP contribution in [-0.2, 0) is 19.4 Å². The Morgan fingerprint density at radius 2 is 1.88 bits per heavy atom. The van der Waals surface area contributed by atoms with Gasteiger partial charge in [-0.25, -0.2) is 0 Å². The van der Waals surface area contributed by atoms with Crippen LogP contribution in [0, 0.1) is 0 Å². The number of nitrogen functional groups attached to an aromatic ring is 1. The second kappa shape index (κ2) is 4.51. The zero-order valence-corrected chi connectivity index (χ0v) is 10.5. The summed E-state index contributed by atoms with van der Waals surface area (Å²) < 4.78 is 0. The Hall–Kier alpha value is -1.32. The van der Waals surface area contributed by atoms with Gasteiger partial charge in [0, 0.05) is 23.2 Å². The van der Waals surface area contributed by atoms with Crippen LogP contribution in [0.3, 0.4) is 0 Å². The molecule has 3 heteroatoms. The van der Waals surface area contributed by atoms with Crippen molar-refractivity contribution in [1.82, 2.24) is 5.32 Å². The normalized spacial score (nSPS) is 15.1. The van der Waals surface area contributed by atoms with Crippen LogP contribution in [0.1, 0.15) is 16.0 Å². The molecular weight excluding hydrogens is 228 g/mol. The number of hydrogen-bond acceptors (Lipinski definition) is 3. The Bertz CT molecular complexity index is 493. The Morgan fingerprint density at radius 1 is 1.18 bits per heavy atom. The average Bonchev–Trinajstić information content (AvgIpc) is 2.92. The molecule has 3 N–H and O–H groups in total. The lowest BCUT2D eigenvalue weighted by molar-refractivity contribution is 0.536. The van der Waals surface area contributed by atoms with Crippen LogP contribution in [0.4, 0.5) is 5.69 Å². The summed E-state index contributed by atoms with van der Waals surface area (Å²) in [7, 11) is 0. The fraction of sp³-hybridized carbons (Fsp3) is 0.286. The number of nitrogens with one attached hydrogen (secondary N) is 1. The van der Waals surface area contributed by atoms with E-state index in [9.17, 15) is 0 Å². The molecule has 0 spiro atoms. The van der Waals surface area contributed by atoms with Gasteiger partial charge in [0.05, 0.1) is 0 Å². The molecule has 0 saturated carbocycles. The molecule has 17 heavy (non-hydrogen) atoms. The highest BCUT2D eigenvalue weighted by atomic mass is 32.1. The van der Waals surface area contributed by atoms with E-state index in [1.54, 1.807) is 11.3 Å². The van der Waals surface area contributed by atoms with Crippen LogP contribution in [-0.4, -0.2) is 6.04 Å². The molecule has 2 nitrogen and oxygen atoms in total. The first-order chi connectivity index (χ1) is 8.33. The molecule has 0 unspecified atom stereocenters. The van der Waals surface area contributed by atoms with E-state index in [2.05, 4.69) is 35.0 Å². The number of thiophene rings is 1. The van der Waals surface area contributed by atoms with E-state index in [1.165, 1.54) is 16.0 Å². The van der Waals surface area contributed by atoms with E-state index in [1.807, 2.05) is 6.07 Å². The number of fused-ring (bicyclic) bond motifs is 1. The van der Waals surface area contributed by atoms with E-state index in [-0.39, 0.29) is 0 Å². The molecule has 1 aromatic carbocycles. The van der Waals surface area contributed by atoms with Gasteiger partial charge in [0.2, 0.25) is 0 Å². The minimum atomic E-state index is 0.564. The minimum Gasteiger partial charge on any atom is -0.398 e. The van der Waals surface area contributed by atoms with Gasteiger partial charge in [0.1, 0.15) is 0 Å². The van der Waals surface area contributed by atoms with Crippen molar-refractivity contribution in [2.24, 2.45) is 0 Å². The molecule has 0 atom stereocenters. The topological polar surface area (TPSA) is 38.0 Å². The third kappa shape index (κ3) is 2.21. The number of nitrogens with two attached hydrogens (primary N) is 1. The zero-order chi connectivity index (χ0) is 11.7. The quantitative estimate of drug-likeness (QED) is 0.871. The summed E-state index contributed by atoms with van der Waals surface area (Å²) in [6.45, 7) is 0.891. The molecule has 2 aromatic rings. The summed E-state index contributed by atoms with van der Waals surface area (Å²) >= 11 is 1.73. The third-order valence-corrected chi connectivity index (χ3v) is 4.32. The van der Waals surface area contributed by atoms with Crippen LogP contribution < -0.4 is 11.1 Å². The minimum absolute atomic E-state index is 0.564. The van der Waals surface area contributed by atoms with Crippen LogP contribution in [0.2, 0.25) is 0 Å². The number of rotatable bonds is 3. The van der Waals surface area contributed by atoms with E-state index in [0.29, 0.717) is 6.04 Å². The van der Waals surface area contributed by atoms with Crippen molar-refractivity contribution >= 4 is 17.0 Å². The summed E-state index contributed by atoms with van der Waals surface area (Å²) in [6.07, 6.45) is 2.28. The maximum absolute atomic E-state index is 5.88. The van der Waals surface area contributed by atoms with Gasteiger partial charge in [-0.15, -0.1) is 11.3 Å². The fourth-order valence-corrected chi connectivity index (χ4v) is 3.18. The van der Waals surface area contributed by atoms with Gasteiger partial charge in [0.15, 0.2) is 0 Å². The Kier molecular flexibility index (Phi) is 2.87. The second-order valence-electron chi connectivity index (χ2n) is 4.55. The fourth-order valence-electron chi connectivity index (χ4n) is 2.43. The smallest absolute Gasteiger partial charge is 0.0468 e. The molecule has 1 heterocycles. The lowest BCUT2D eigenvalue weighted by atomic mass is 10.1. The predicted octanol–water partition coefficient (Wildman–Crippen LogP) is 2.59. The van der Waals surface area contributed by atoms with Crippen molar-refractivity contribution in [2.75, 3.05) is 5.73 Å². The van der Waals surface area contributed by atoms with Crippen molar-refractivity contribution in [2.45, 2.75) is 25.4 Å². The first kappa shape index (κ1) is 10.8. The molecule has 0 radical (unpaired) electrons. The van der Waals surface area contributed by atoms with E-state index < -0.39 is 0 Å². The van der Waals surface area contributed by atoms with Crippen molar-refractivity contribution in [3.8, 4) is 0 Å². The molecule has 0 saturated heterocycles. The molecule has 0 fully saturated rings. The molecule has 88 valence electrons. The van der Waals surface area contributed by atoms with Crippen LogP contribution >= 0.6 is 11.3 Å². The van der Waals surface area contributed by atoms with Crippen LogP contribution in [0.25, 0.3) is 0 Å². The van der Waals surface area contributed by atoms with Gasteiger partial charge in [-0.1, -0.05) is 24.3 Å². The Morgan fingerprint density at radius 3 is 2.47 bits per heavy atom. The molecule has 1 aliphatic rings. The van der Waals surface area contributed by atoms with Crippen LogP contribution in [0.15, 0.2) is 35.7 Å². The lowest BCUT2D eigenvalue weighted by Crippen LogP contribution is -2.28. The molecule has 0 amide bonds. The maximum atomic E-state index is 5.88. The maximum Gasteiger partial charge on any atom is 0.0468 e. The van der Waals surface area contributed by atoms with Crippen LogP contribution in [0.5, 0.6) is 0 Å². The SMILES string of the molecule is Nc1ccsc1CNC1Cc2ccccc2C1. The molecular formula is C14H16N2S.